The van der Waals surface area contributed by atoms with Gasteiger partial charge in [-0.2, -0.15) is 0 Å². The van der Waals surface area contributed by atoms with Crippen molar-refractivity contribution < 1.29 is 17.9 Å². The second-order valence-corrected chi connectivity index (χ2v) is 8.45. The number of sulfonamides is 1. The van der Waals surface area contributed by atoms with Gasteiger partial charge in [0.15, 0.2) is 17.5 Å². The molecule has 2 aromatic carbocycles. The highest BCUT2D eigenvalue weighted by Gasteiger charge is 2.07. The number of ether oxygens (including phenoxy) is 2. The van der Waals surface area contributed by atoms with Crippen molar-refractivity contribution in [1.29, 1.82) is 0 Å². The minimum absolute atomic E-state index is 0.118. The number of hydrogen-bond donors (Lipinski definition) is 3. The van der Waals surface area contributed by atoms with Crippen LogP contribution in [-0.4, -0.2) is 48.2 Å². The molecule has 0 spiro atoms. The van der Waals surface area contributed by atoms with Crippen molar-refractivity contribution in [2.24, 2.45) is 10.1 Å². The summed E-state index contributed by atoms with van der Waals surface area (Å²) in [7, 11) is -0.289. The van der Waals surface area contributed by atoms with Gasteiger partial charge in [0, 0.05) is 20.1 Å². The first-order valence-electron chi connectivity index (χ1n) is 10.2. The predicted octanol–water partition coefficient (Wildman–Crippen LogP) is 2.08. The van der Waals surface area contributed by atoms with Gasteiger partial charge in [-0.25, -0.2) is 13.6 Å². The van der Waals surface area contributed by atoms with Crippen LogP contribution in [0.4, 0.5) is 0 Å². The zero-order valence-corrected chi connectivity index (χ0v) is 19.2. The molecule has 0 atom stereocenters. The summed E-state index contributed by atoms with van der Waals surface area (Å²) in [5, 5.41) is 11.7. The van der Waals surface area contributed by atoms with E-state index in [2.05, 4.69) is 21.7 Å². The Morgan fingerprint density at radius 2 is 1.68 bits per heavy atom. The summed E-state index contributed by atoms with van der Waals surface area (Å²) in [4.78, 5) is 4.35. The molecule has 0 radical (unpaired) electrons. The highest BCUT2D eigenvalue weighted by Crippen LogP contribution is 2.28. The van der Waals surface area contributed by atoms with Crippen LogP contribution in [-0.2, 0) is 22.9 Å². The van der Waals surface area contributed by atoms with Gasteiger partial charge in [0.2, 0.25) is 10.0 Å². The fraction of sp³-hybridized carbons (Fsp3) is 0.409. The van der Waals surface area contributed by atoms with Crippen LogP contribution in [0.3, 0.4) is 0 Å². The van der Waals surface area contributed by atoms with E-state index in [0.29, 0.717) is 13.2 Å². The van der Waals surface area contributed by atoms with Crippen LogP contribution in [0.2, 0.25) is 0 Å². The number of benzene rings is 2. The van der Waals surface area contributed by atoms with Gasteiger partial charge in [-0.15, -0.1) is 0 Å². The number of aryl methyl sites for hydroxylation is 1. The predicted molar refractivity (Wildman–Crippen MR) is 123 cm³/mol. The van der Waals surface area contributed by atoms with Gasteiger partial charge in [0.05, 0.1) is 18.6 Å². The molecule has 0 aromatic heterocycles. The molecule has 0 amide bonds. The van der Waals surface area contributed by atoms with E-state index in [1.54, 1.807) is 26.3 Å². The number of primary sulfonamides is 1. The average Bonchev–Trinajstić information content (AvgIpc) is 2.75. The number of nitrogens with one attached hydrogen (secondary N) is 2. The summed E-state index contributed by atoms with van der Waals surface area (Å²) in [6.07, 6.45) is 2.58. The Balaban J connectivity index is 1.73. The lowest BCUT2D eigenvalue weighted by atomic mass is 10.1. The Labute approximate surface area is 184 Å². The quantitative estimate of drug-likeness (QED) is 0.275. The first-order chi connectivity index (χ1) is 14.9. The molecule has 4 N–H and O–H groups in total. The SMILES string of the molecule is CCOc1cc(CCCNC(=NC)NCCc2ccc(S(N)(=O)=O)cc2)ccc1OC. The Morgan fingerprint density at radius 3 is 2.29 bits per heavy atom. The van der Waals surface area contributed by atoms with Gasteiger partial charge < -0.3 is 20.1 Å². The second kappa shape index (κ2) is 12.2. The monoisotopic (exact) mass is 448 g/mol. The summed E-state index contributed by atoms with van der Waals surface area (Å²) < 4.78 is 33.6. The fourth-order valence-electron chi connectivity index (χ4n) is 3.04. The van der Waals surface area contributed by atoms with Gasteiger partial charge in [0.1, 0.15) is 0 Å². The van der Waals surface area contributed by atoms with Crippen molar-refractivity contribution in [3.8, 4) is 11.5 Å². The maximum Gasteiger partial charge on any atom is 0.238 e. The third-order valence-electron chi connectivity index (χ3n) is 4.64. The summed E-state index contributed by atoms with van der Waals surface area (Å²) >= 11 is 0. The molecule has 0 aliphatic rings. The standard InChI is InChI=1S/C22H32N4O4S/c1-4-30-21-16-18(9-12-20(21)29-3)6-5-14-25-22(24-2)26-15-13-17-7-10-19(11-8-17)31(23,27)28/h7-12,16H,4-6,13-15H2,1-3H3,(H2,23,27,28)(H2,24,25,26). The number of methoxy groups -OCH3 is 1. The maximum atomic E-state index is 11.3. The number of aliphatic imine (C=N–C) groups is 1. The Bertz CT molecular complexity index is 960. The lowest BCUT2D eigenvalue weighted by molar-refractivity contribution is 0.310. The van der Waals surface area contributed by atoms with Gasteiger partial charge in [-0.05, 0) is 61.6 Å². The topological polar surface area (TPSA) is 115 Å². The molecule has 8 nitrogen and oxygen atoms in total. The van der Waals surface area contributed by atoms with Crippen molar-refractivity contribution in [2.75, 3.05) is 33.9 Å². The average molecular weight is 449 g/mol. The molecule has 0 saturated carbocycles. The van der Waals surface area contributed by atoms with E-state index in [0.717, 1.165) is 48.8 Å². The van der Waals surface area contributed by atoms with E-state index in [4.69, 9.17) is 14.6 Å². The maximum absolute atomic E-state index is 11.3. The molecule has 9 heteroatoms. The number of nitrogens with two attached hydrogens (primary N) is 1. The molecular weight excluding hydrogens is 416 g/mol. The van der Waals surface area contributed by atoms with E-state index in [9.17, 15) is 8.42 Å². The zero-order chi connectivity index (χ0) is 22.7. The van der Waals surface area contributed by atoms with E-state index in [-0.39, 0.29) is 4.90 Å². The molecule has 0 bridgehead atoms. The first-order valence-corrected chi connectivity index (χ1v) is 11.8. The largest absolute Gasteiger partial charge is 0.493 e. The van der Waals surface area contributed by atoms with Crippen LogP contribution in [0.15, 0.2) is 52.4 Å². The molecule has 0 aliphatic carbocycles. The molecule has 0 heterocycles. The summed E-state index contributed by atoms with van der Waals surface area (Å²) in [5.41, 5.74) is 2.21. The van der Waals surface area contributed by atoms with Crippen molar-refractivity contribution in [1.82, 2.24) is 10.6 Å². The number of hydrogen-bond acceptors (Lipinski definition) is 5. The highest BCUT2D eigenvalue weighted by molar-refractivity contribution is 7.89. The van der Waals surface area contributed by atoms with Crippen LogP contribution >= 0.6 is 0 Å². The highest BCUT2D eigenvalue weighted by atomic mass is 32.2. The first kappa shape index (κ1) is 24.5. The van der Waals surface area contributed by atoms with Crippen molar-refractivity contribution in [2.45, 2.75) is 31.1 Å². The lowest BCUT2D eigenvalue weighted by Gasteiger charge is -2.13. The molecule has 0 saturated heterocycles. The summed E-state index contributed by atoms with van der Waals surface area (Å²) in [5.74, 6) is 2.24. The van der Waals surface area contributed by atoms with E-state index in [1.165, 1.54) is 17.7 Å². The number of guanidine groups is 1. The van der Waals surface area contributed by atoms with Crippen LogP contribution in [0.25, 0.3) is 0 Å². The summed E-state index contributed by atoms with van der Waals surface area (Å²) in [6, 6.07) is 12.6. The Kier molecular flexibility index (Phi) is 9.61. The van der Waals surface area contributed by atoms with E-state index >= 15 is 0 Å². The van der Waals surface area contributed by atoms with E-state index in [1.807, 2.05) is 19.1 Å². The fourth-order valence-corrected chi connectivity index (χ4v) is 3.55. The third kappa shape index (κ3) is 8.10. The summed E-state index contributed by atoms with van der Waals surface area (Å²) in [6.45, 7) is 4.00. The molecule has 2 aromatic rings. The van der Waals surface area contributed by atoms with Crippen LogP contribution in [0.1, 0.15) is 24.5 Å². The minimum atomic E-state index is -3.66. The normalized spacial score (nSPS) is 11.8. The molecule has 0 unspecified atom stereocenters. The van der Waals surface area contributed by atoms with Crippen LogP contribution < -0.4 is 25.2 Å². The molecular formula is C22H32N4O4S. The third-order valence-corrected chi connectivity index (χ3v) is 5.57. The van der Waals surface area contributed by atoms with Gasteiger partial charge in [-0.3, -0.25) is 4.99 Å². The van der Waals surface area contributed by atoms with Gasteiger partial charge in [-0.1, -0.05) is 18.2 Å². The molecule has 0 fully saturated rings. The van der Waals surface area contributed by atoms with Crippen LogP contribution in [0.5, 0.6) is 11.5 Å². The minimum Gasteiger partial charge on any atom is -0.493 e. The Morgan fingerprint density at radius 1 is 1.00 bits per heavy atom. The van der Waals surface area contributed by atoms with Crippen molar-refractivity contribution in [3.05, 3.63) is 53.6 Å². The smallest absolute Gasteiger partial charge is 0.238 e. The molecule has 170 valence electrons. The molecule has 0 aliphatic heterocycles. The Hall–Kier alpha value is -2.78. The number of nitrogens with zero attached hydrogens (tertiary/aromatic N) is 1. The zero-order valence-electron chi connectivity index (χ0n) is 18.3. The molecule has 2 rings (SSSR count). The van der Waals surface area contributed by atoms with Gasteiger partial charge >= 0.3 is 0 Å². The van der Waals surface area contributed by atoms with Crippen molar-refractivity contribution in [3.63, 3.8) is 0 Å². The second-order valence-electron chi connectivity index (χ2n) is 6.89. The van der Waals surface area contributed by atoms with E-state index < -0.39 is 10.0 Å². The number of rotatable bonds is 11. The van der Waals surface area contributed by atoms with Crippen molar-refractivity contribution >= 4 is 16.0 Å². The lowest BCUT2D eigenvalue weighted by Crippen LogP contribution is -2.38. The van der Waals surface area contributed by atoms with Gasteiger partial charge in [0.25, 0.3) is 0 Å². The molecule has 31 heavy (non-hydrogen) atoms. The van der Waals surface area contributed by atoms with Crippen LogP contribution in [0, 0.1) is 0 Å².